The number of aliphatic carboxylic acids is 2. The second-order valence-electron chi connectivity index (χ2n) is 5.45. The van der Waals surface area contributed by atoms with Crippen LogP contribution in [0.1, 0.15) is 25.5 Å². The average molecular weight is 355 g/mol. The number of carbonyl (C=O) groups is 4. The van der Waals surface area contributed by atoms with Crippen molar-refractivity contribution in [1.29, 1.82) is 0 Å². The van der Waals surface area contributed by atoms with Gasteiger partial charge in [0.2, 0.25) is 11.8 Å². The van der Waals surface area contributed by atoms with Crippen LogP contribution in [0.5, 0.6) is 0 Å². The maximum absolute atomic E-state index is 12.1. The normalized spacial score (nSPS) is 14.2. The molecule has 1 rings (SSSR count). The molecule has 0 radical (unpaired) electrons. The molecule has 11 heteroatoms. The van der Waals surface area contributed by atoms with Crippen molar-refractivity contribution in [3.8, 4) is 0 Å². The van der Waals surface area contributed by atoms with Gasteiger partial charge in [0.25, 0.3) is 0 Å². The predicted molar refractivity (Wildman–Crippen MR) is 84.3 cm³/mol. The Morgan fingerprint density at radius 2 is 1.92 bits per heavy atom. The summed E-state index contributed by atoms with van der Waals surface area (Å²) in [7, 11) is 0. The SMILES string of the molecule is CC(NC(=O)C(CCC(=O)O)NC(=O)C(N)Cc1cnc[nH]1)C(=O)O. The zero-order chi connectivity index (χ0) is 19.0. The summed E-state index contributed by atoms with van der Waals surface area (Å²) in [5.41, 5.74) is 6.38. The van der Waals surface area contributed by atoms with Gasteiger partial charge in [0.1, 0.15) is 12.1 Å². The molecule has 0 bridgehead atoms. The van der Waals surface area contributed by atoms with E-state index in [1.54, 1.807) is 0 Å². The van der Waals surface area contributed by atoms with Gasteiger partial charge in [-0.25, -0.2) is 4.98 Å². The van der Waals surface area contributed by atoms with E-state index in [0.717, 1.165) is 0 Å². The lowest BCUT2D eigenvalue weighted by atomic mass is 10.1. The fourth-order valence-corrected chi connectivity index (χ4v) is 1.92. The lowest BCUT2D eigenvalue weighted by molar-refractivity contribution is -0.142. The maximum atomic E-state index is 12.1. The topological polar surface area (TPSA) is 187 Å². The van der Waals surface area contributed by atoms with E-state index in [2.05, 4.69) is 20.6 Å². The van der Waals surface area contributed by atoms with Crippen molar-refractivity contribution in [2.24, 2.45) is 5.73 Å². The molecule has 0 aliphatic rings. The molecule has 138 valence electrons. The van der Waals surface area contributed by atoms with Crippen LogP contribution in [0.2, 0.25) is 0 Å². The lowest BCUT2D eigenvalue weighted by Crippen LogP contribution is -2.54. The smallest absolute Gasteiger partial charge is 0.325 e. The van der Waals surface area contributed by atoms with Gasteiger partial charge in [-0.05, 0) is 13.3 Å². The summed E-state index contributed by atoms with van der Waals surface area (Å²) in [6.45, 7) is 1.25. The number of nitrogens with one attached hydrogen (secondary N) is 3. The molecule has 3 atom stereocenters. The highest BCUT2D eigenvalue weighted by molar-refractivity contribution is 5.92. The number of carbonyl (C=O) groups excluding carboxylic acids is 2. The standard InChI is InChI=1S/C14H21N5O6/c1-7(14(24)25)18-13(23)10(2-3-11(20)21)19-12(22)9(15)4-8-5-16-6-17-8/h5-7,9-10H,2-4,15H2,1H3,(H,16,17)(H,18,23)(H,19,22)(H,20,21)(H,24,25). The number of H-pyrrole nitrogens is 1. The van der Waals surface area contributed by atoms with Crippen LogP contribution in [0.3, 0.4) is 0 Å². The van der Waals surface area contributed by atoms with Gasteiger partial charge in [-0.2, -0.15) is 0 Å². The number of hydrogen-bond acceptors (Lipinski definition) is 6. The summed E-state index contributed by atoms with van der Waals surface area (Å²) >= 11 is 0. The monoisotopic (exact) mass is 355 g/mol. The van der Waals surface area contributed by atoms with Crippen molar-refractivity contribution >= 4 is 23.8 Å². The van der Waals surface area contributed by atoms with Gasteiger partial charge >= 0.3 is 11.9 Å². The summed E-state index contributed by atoms with van der Waals surface area (Å²) in [5, 5.41) is 22.1. The molecule has 0 fully saturated rings. The molecule has 2 amide bonds. The molecule has 0 spiro atoms. The molecule has 7 N–H and O–H groups in total. The van der Waals surface area contributed by atoms with Crippen LogP contribution >= 0.6 is 0 Å². The van der Waals surface area contributed by atoms with Crippen LogP contribution in [-0.2, 0) is 25.6 Å². The van der Waals surface area contributed by atoms with E-state index in [-0.39, 0.29) is 19.3 Å². The zero-order valence-electron chi connectivity index (χ0n) is 13.6. The van der Waals surface area contributed by atoms with Gasteiger partial charge in [0.05, 0.1) is 12.4 Å². The van der Waals surface area contributed by atoms with Gasteiger partial charge in [0, 0.05) is 24.7 Å². The molecule has 0 saturated heterocycles. The van der Waals surface area contributed by atoms with Gasteiger partial charge in [-0.3, -0.25) is 19.2 Å². The molecule has 25 heavy (non-hydrogen) atoms. The van der Waals surface area contributed by atoms with Crippen LogP contribution in [0.25, 0.3) is 0 Å². The first-order valence-electron chi connectivity index (χ1n) is 7.49. The average Bonchev–Trinajstić information content (AvgIpc) is 3.03. The van der Waals surface area contributed by atoms with Crippen LogP contribution in [0, 0.1) is 0 Å². The molecule has 11 nitrogen and oxygen atoms in total. The minimum atomic E-state index is -1.26. The van der Waals surface area contributed by atoms with Crippen molar-refractivity contribution in [3.63, 3.8) is 0 Å². The second kappa shape index (κ2) is 9.37. The molecular formula is C14H21N5O6. The van der Waals surface area contributed by atoms with Gasteiger partial charge < -0.3 is 31.6 Å². The van der Waals surface area contributed by atoms with Crippen LogP contribution in [0.15, 0.2) is 12.5 Å². The molecule has 0 aliphatic heterocycles. The molecular weight excluding hydrogens is 334 g/mol. The minimum absolute atomic E-state index is 0.143. The van der Waals surface area contributed by atoms with Crippen molar-refractivity contribution in [2.75, 3.05) is 0 Å². The van der Waals surface area contributed by atoms with Crippen LogP contribution in [-0.4, -0.2) is 62.1 Å². The number of aromatic amines is 1. The molecule has 3 unspecified atom stereocenters. The summed E-state index contributed by atoms with van der Waals surface area (Å²) < 4.78 is 0. The Hall–Kier alpha value is -2.95. The van der Waals surface area contributed by atoms with Crippen molar-refractivity contribution < 1.29 is 29.4 Å². The molecule has 1 heterocycles. The Morgan fingerprint density at radius 1 is 1.24 bits per heavy atom. The number of aromatic nitrogens is 2. The summed E-state index contributed by atoms with van der Waals surface area (Å²) in [6.07, 6.45) is 2.49. The Bertz CT molecular complexity index is 617. The highest BCUT2D eigenvalue weighted by atomic mass is 16.4. The number of carboxylic acid groups (broad SMARTS) is 2. The first-order valence-corrected chi connectivity index (χ1v) is 7.49. The van der Waals surface area contributed by atoms with Crippen molar-refractivity contribution in [1.82, 2.24) is 20.6 Å². The van der Waals surface area contributed by atoms with E-state index in [1.165, 1.54) is 19.4 Å². The van der Waals surface area contributed by atoms with Gasteiger partial charge in [0.15, 0.2) is 0 Å². The number of nitrogens with two attached hydrogens (primary N) is 1. The van der Waals surface area contributed by atoms with E-state index in [1.807, 2.05) is 0 Å². The van der Waals surface area contributed by atoms with Crippen molar-refractivity contribution in [3.05, 3.63) is 18.2 Å². The molecule has 0 aromatic carbocycles. The first kappa shape index (κ1) is 20.1. The highest BCUT2D eigenvalue weighted by Crippen LogP contribution is 2.02. The Morgan fingerprint density at radius 3 is 2.44 bits per heavy atom. The fraction of sp³-hybridized carbons (Fsp3) is 0.500. The zero-order valence-corrected chi connectivity index (χ0v) is 13.6. The van der Waals surface area contributed by atoms with E-state index < -0.39 is 41.9 Å². The first-order chi connectivity index (χ1) is 11.7. The molecule has 0 aliphatic carbocycles. The summed E-state index contributed by atoms with van der Waals surface area (Å²) in [6, 6.07) is -3.38. The summed E-state index contributed by atoms with van der Waals surface area (Å²) in [5.74, 6) is -3.87. The molecule has 1 aromatic heterocycles. The Kier molecular flexibility index (Phi) is 7.53. The maximum Gasteiger partial charge on any atom is 0.325 e. The number of carboxylic acids is 2. The quantitative estimate of drug-likeness (QED) is 0.284. The Labute approximate surface area is 143 Å². The third kappa shape index (κ3) is 6.99. The highest BCUT2D eigenvalue weighted by Gasteiger charge is 2.26. The van der Waals surface area contributed by atoms with E-state index in [0.29, 0.717) is 5.69 Å². The lowest BCUT2D eigenvalue weighted by Gasteiger charge is -2.21. The number of hydrogen-bond donors (Lipinski definition) is 6. The number of nitrogens with zero attached hydrogens (tertiary/aromatic N) is 1. The summed E-state index contributed by atoms with van der Waals surface area (Å²) in [4.78, 5) is 52.3. The fourth-order valence-electron chi connectivity index (χ4n) is 1.92. The van der Waals surface area contributed by atoms with Crippen LogP contribution < -0.4 is 16.4 Å². The minimum Gasteiger partial charge on any atom is -0.481 e. The largest absolute Gasteiger partial charge is 0.481 e. The Balaban J connectivity index is 2.70. The number of amides is 2. The third-order valence-corrected chi connectivity index (χ3v) is 3.34. The van der Waals surface area contributed by atoms with Gasteiger partial charge in [-0.15, -0.1) is 0 Å². The van der Waals surface area contributed by atoms with E-state index >= 15 is 0 Å². The number of imidazole rings is 1. The van der Waals surface area contributed by atoms with E-state index in [9.17, 15) is 19.2 Å². The second-order valence-corrected chi connectivity index (χ2v) is 5.45. The van der Waals surface area contributed by atoms with Crippen molar-refractivity contribution in [2.45, 2.75) is 44.3 Å². The van der Waals surface area contributed by atoms with E-state index in [4.69, 9.17) is 15.9 Å². The molecule has 0 saturated carbocycles. The van der Waals surface area contributed by atoms with Gasteiger partial charge in [-0.1, -0.05) is 0 Å². The predicted octanol–water partition coefficient (Wildman–Crippen LogP) is -1.78. The molecule has 1 aromatic rings. The van der Waals surface area contributed by atoms with Crippen LogP contribution in [0.4, 0.5) is 0 Å². The third-order valence-electron chi connectivity index (χ3n) is 3.34. The number of rotatable bonds is 10.